The molecule has 0 spiro atoms. The fraction of sp³-hybridized carbons (Fsp3) is 0.133. The van der Waals surface area contributed by atoms with Crippen LogP contribution in [-0.4, -0.2) is 13.0 Å². The molecule has 2 aromatic rings. The molecule has 0 aromatic heterocycles. The first-order chi connectivity index (χ1) is 9.20. The second-order valence-corrected chi connectivity index (χ2v) is 4.52. The predicted molar refractivity (Wildman–Crippen MR) is 78.6 cm³/mol. The number of carbonyl (C=O) groups is 1. The van der Waals surface area contributed by atoms with Crippen LogP contribution >= 0.6 is 11.6 Å². The Morgan fingerprint density at radius 1 is 1.16 bits per heavy atom. The van der Waals surface area contributed by atoms with Crippen LogP contribution in [-0.2, 0) is 6.54 Å². The van der Waals surface area contributed by atoms with Crippen LogP contribution in [0.4, 0.5) is 5.69 Å². The van der Waals surface area contributed by atoms with Gasteiger partial charge in [0.05, 0.1) is 10.6 Å². The van der Waals surface area contributed by atoms with E-state index in [4.69, 9.17) is 11.6 Å². The summed E-state index contributed by atoms with van der Waals surface area (Å²) in [7, 11) is 1.80. The molecule has 2 rings (SSSR count). The summed E-state index contributed by atoms with van der Waals surface area (Å²) in [4.78, 5) is 12.1. The van der Waals surface area contributed by atoms with Gasteiger partial charge in [0.25, 0.3) is 5.91 Å². The van der Waals surface area contributed by atoms with Gasteiger partial charge in [-0.3, -0.25) is 4.79 Å². The molecule has 0 saturated heterocycles. The van der Waals surface area contributed by atoms with Crippen molar-refractivity contribution < 1.29 is 4.79 Å². The molecule has 3 nitrogen and oxygen atoms in total. The molecule has 0 aliphatic carbocycles. The molecular formula is C15H15ClN2O. The standard InChI is InChI=1S/C15H15ClN2O/c1-17-12-7-8-14(16)13(9-12)15(19)18-10-11-5-3-2-4-6-11/h2-9,17H,10H2,1H3,(H,18,19). The van der Waals surface area contributed by atoms with Crippen LogP contribution in [0.5, 0.6) is 0 Å². The Kier molecular flexibility index (Phi) is 4.42. The van der Waals surface area contributed by atoms with Gasteiger partial charge in [-0.2, -0.15) is 0 Å². The fourth-order valence-corrected chi connectivity index (χ4v) is 1.93. The van der Waals surface area contributed by atoms with Gasteiger partial charge in [0.2, 0.25) is 0 Å². The minimum atomic E-state index is -0.175. The number of hydrogen-bond donors (Lipinski definition) is 2. The van der Waals surface area contributed by atoms with E-state index in [2.05, 4.69) is 10.6 Å². The number of anilines is 1. The minimum absolute atomic E-state index is 0.175. The predicted octanol–water partition coefficient (Wildman–Crippen LogP) is 3.31. The Bertz CT molecular complexity index is 570. The van der Waals surface area contributed by atoms with Gasteiger partial charge in [-0.15, -0.1) is 0 Å². The lowest BCUT2D eigenvalue weighted by Crippen LogP contribution is -2.23. The molecule has 2 aromatic carbocycles. The second kappa shape index (κ2) is 6.25. The molecule has 2 N–H and O–H groups in total. The van der Waals surface area contributed by atoms with Crippen molar-refractivity contribution in [1.29, 1.82) is 0 Å². The molecule has 1 amide bonds. The Hall–Kier alpha value is -2.00. The van der Waals surface area contributed by atoms with E-state index in [0.717, 1.165) is 11.3 Å². The Labute approximate surface area is 117 Å². The molecule has 0 bridgehead atoms. The maximum atomic E-state index is 12.1. The lowest BCUT2D eigenvalue weighted by molar-refractivity contribution is 0.0951. The lowest BCUT2D eigenvalue weighted by Gasteiger charge is -2.08. The van der Waals surface area contributed by atoms with E-state index in [1.807, 2.05) is 36.4 Å². The van der Waals surface area contributed by atoms with Gasteiger partial charge in [-0.05, 0) is 23.8 Å². The quantitative estimate of drug-likeness (QED) is 0.898. The summed E-state index contributed by atoms with van der Waals surface area (Å²) in [5.41, 5.74) is 2.38. The Morgan fingerprint density at radius 3 is 2.58 bits per heavy atom. The van der Waals surface area contributed by atoms with Gasteiger partial charge >= 0.3 is 0 Å². The van der Waals surface area contributed by atoms with E-state index in [-0.39, 0.29) is 5.91 Å². The van der Waals surface area contributed by atoms with Crippen LogP contribution < -0.4 is 10.6 Å². The molecular weight excluding hydrogens is 260 g/mol. The average molecular weight is 275 g/mol. The topological polar surface area (TPSA) is 41.1 Å². The summed E-state index contributed by atoms with van der Waals surface area (Å²) in [5, 5.41) is 6.29. The third-order valence-corrected chi connectivity index (χ3v) is 3.13. The number of halogens is 1. The van der Waals surface area contributed by atoms with Crippen LogP contribution in [0.3, 0.4) is 0 Å². The first kappa shape index (κ1) is 13.4. The van der Waals surface area contributed by atoms with Crippen molar-refractivity contribution in [2.75, 3.05) is 12.4 Å². The summed E-state index contributed by atoms with van der Waals surface area (Å²) in [6.45, 7) is 0.486. The molecule has 4 heteroatoms. The zero-order chi connectivity index (χ0) is 13.7. The van der Waals surface area contributed by atoms with Crippen molar-refractivity contribution in [3.05, 3.63) is 64.7 Å². The van der Waals surface area contributed by atoms with Crippen LogP contribution in [0.25, 0.3) is 0 Å². The van der Waals surface area contributed by atoms with Gasteiger partial charge in [0.15, 0.2) is 0 Å². The maximum absolute atomic E-state index is 12.1. The van der Waals surface area contributed by atoms with Crippen LogP contribution in [0, 0.1) is 0 Å². The molecule has 0 aliphatic rings. The summed E-state index contributed by atoms with van der Waals surface area (Å²) < 4.78 is 0. The zero-order valence-corrected chi connectivity index (χ0v) is 11.4. The maximum Gasteiger partial charge on any atom is 0.253 e. The molecule has 0 aliphatic heterocycles. The molecule has 0 radical (unpaired) electrons. The van der Waals surface area contributed by atoms with Crippen molar-refractivity contribution in [3.63, 3.8) is 0 Å². The summed E-state index contributed by atoms with van der Waals surface area (Å²) in [6, 6.07) is 15.0. The SMILES string of the molecule is CNc1ccc(Cl)c(C(=O)NCc2ccccc2)c1. The molecule has 98 valence electrons. The van der Waals surface area contributed by atoms with Gasteiger partial charge in [0.1, 0.15) is 0 Å². The number of benzene rings is 2. The summed E-state index contributed by atoms with van der Waals surface area (Å²) in [6.07, 6.45) is 0. The number of carbonyl (C=O) groups excluding carboxylic acids is 1. The van der Waals surface area contributed by atoms with Crippen molar-refractivity contribution >= 4 is 23.2 Å². The van der Waals surface area contributed by atoms with Crippen LogP contribution in [0.15, 0.2) is 48.5 Å². The molecule has 0 saturated carbocycles. The first-order valence-corrected chi connectivity index (χ1v) is 6.38. The molecule has 0 atom stereocenters. The highest BCUT2D eigenvalue weighted by Gasteiger charge is 2.10. The third kappa shape index (κ3) is 3.48. The third-order valence-electron chi connectivity index (χ3n) is 2.80. The van der Waals surface area contributed by atoms with E-state index in [1.165, 1.54) is 0 Å². The zero-order valence-electron chi connectivity index (χ0n) is 10.6. The molecule has 0 heterocycles. The molecule has 0 unspecified atom stereocenters. The van der Waals surface area contributed by atoms with E-state index in [1.54, 1.807) is 19.2 Å². The van der Waals surface area contributed by atoms with Crippen LogP contribution in [0.2, 0.25) is 5.02 Å². The van der Waals surface area contributed by atoms with Crippen molar-refractivity contribution in [3.8, 4) is 0 Å². The normalized spacial score (nSPS) is 10.0. The Morgan fingerprint density at radius 2 is 1.89 bits per heavy atom. The smallest absolute Gasteiger partial charge is 0.253 e. The largest absolute Gasteiger partial charge is 0.388 e. The van der Waals surface area contributed by atoms with Crippen molar-refractivity contribution in [2.45, 2.75) is 6.54 Å². The minimum Gasteiger partial charge on any atom is -0.388 e. The first-order valence-electron chi connectivity index (χ1n) is 6.00. The summed E-state index contributed by atoms with van der Waals surface area (Å²) >= 11 is 6.04. The number of rotatable bonds is 4. The molecule has 0 fully saturated rings. The highest BCUT2D eigenvalue weighted by atomic mass is 35.5. The highest BCUT2D eigenvalue weighted by Crippen LogP contribution is 2.20. The van der Waals surface area contributed by atoms with Crippen molar-refractivity contribution in [2.24, 2.45) is 0 Å². The average Bonchev–Trinajstić information content (AvgIpc) is 2.46. The van der Waals surface area contributed by atoms with E-state index < -0.39 is 0 Å². The highest BCUT2D eigenvalue weighted by molar-refractivity contribution is 6.34. The van der Waals surface area contributed by atoms with Crippen molar-refractivity contribution in [1.82, 2.24) is 5.32 Å². The van der Waals surface area contributed by atoms with Gasteiger partial charge in [-0.25, -0.2) is 0 Å². The molecule has 19 heavy (non-hydrogen) atoms. The number of hydrogen-bond acceptors (Lipinski definition) is 2. The van der Waals surface area contributed by atoms with Gasteiger partial charge in [-0.1, -0.05) is 41.9 Å². The van der Waals surface area contributed by atoms with E-state index >= 15 is 0 Å². The van der Waals surface area contributed by atoms with Gasteiger partial charge in [0, 0.05) is 19.3 Å². The van der Waals surface area contributed by atoms with Crippen LogP contribution in [0.1, 0.15) is 15.9 Å². The van der Waals surface area contributed by atoms with E-state index in [0.29, 0.717) is 17.1 Å². The number of amides is 1. The monoisotopic (exact) mass is 274 g/mol. The Balaban J connectivity index is 2.08. The van der Waals surface area contributed by atoms with E-state index in [9.17, 15) is 4.79 Å². The lowest BCUT2D eigenvalue weighted by atomic mass is 10.1. The summed E-state index contributed by atoms with van der Waals surface area (Å²) in [5.74, 6) is -0.175. The van der Waals surface area contributed by atoms with Gasteiger partial charge < -0.3 is 10.6 Å². The fourth-order valence-electron chi connectivity index (χ4n) is 1.73. The number of nitrogens with one attached hydrogen (secondary N) is 2. The second-order valence-electron chi connectivity index (χ2n) is 4.11.